The van der Waals surface area contributed by atoms with Crippen molar-refractivity contribution in [3.63, 3.8) is 0 Å². The molecule has 0 saturated heterocycles. The molecule has 1 atom stereocenters. The molecule has 0 radical (unpaired) electrons. The van der Waals surface area contributed by atoms with Gasteiger partial charge in [-0.05, 0) is 18.4 Å². The normalized spacial score (nSPS) is 14.8. The molecule has 126 valence electrons. The quantitative estimate of drug-likeness (QED) is 0.423. The van der Waals surface area contributed by atoms with E-state index in [2.05, 4.69) is 5.32 Å². The number of carbonyl (C=O) groups is 4. The molecule has 24 heavy (non-hydrogen) atoms. The van der Waals surface area contributed by atoms with Crippen molar-refractivity contribution in [2.24, 2.45) is 0 Å². The monoisotopic (exact) mass is 328 g/mol. The average Bonchev–Trinajstić information content (AvgIpc) is 2.92. The minimum atomic E-state index is -0.635. The number of unbranched alkanes of at least 4 members (excludes halogenated alkanes) is 2. The summed E-state index contributed by atoms with van der Waals surface area (Å²) in [5.41, 5.74) is 0.749. The van der Waals surface area contributed by atoms with Gasteiger partial charge in [-0.1, -0.05) is 36.8 Å². The van der Waals surface area contributed by atoms with Crippen molar-refractivity contribution < 1.29 is 19.2 Å². The summed E-state index contributed by atoms with van der Waals surface area (Å²) in [7, 11) is 0. The number of nitrogens with one attached hydrogen (secondary N) is 1. The Labute approximate surface area is 140 Å². The maximum atomic E-state index is 11.9. The van der Waals surface area contributed by atoms with Crippen molar-refractivity contribution >= 4 is 24.0 Å². The predicted molar refractivity (Wildman–Crippen MR) is 87.7 cm³/mol. The molecule has 1 aliphatic rings. The van der Waals surface area contributed by atoms with E-state index in [9.17, 15) is 19.2 Å². The molecule has 0 aromatic heterocycles. The fourth-order valence-electron chi connectivity index (χ4n) is 2.49. The van der Waals surface area contributed by atoms with Gasteiger partial charge in [-0.25, -0.2) is 0 Å². The van der Waals surface area contributed by atoms with Gasteiger partial charge in [0.15, 0.2) is 0 Å². The summed E-state index contributed by atoms with van der Waals surface area (Å²) in [5.74, 6) is -0.755. The molecule has 0 spiro atoms. The summed E-state index contributed by atoms with van der Waals surface area (Å²) in [6, 6.07) is 8.42. The van der Waals surface area contributed by atoms with Crippen LogP contribution >= 0.6 is 0 Å². The zero-order valence-corrected chi connectivity index (χ0v) is 13.3. The van der Waals surface area contributed by atoms with E-state index in [0.29, 0.717) is 32.1 Å². The van der Waals surface area contributed by atoms with Crippen LogP contribution in [0.4, 0.5) is 0 Å². The largest absolute Gasteiger partial charge is 0.342 e. The Morgan fingerprint density at radius 2 is 1.71 bits per heavy atom. The zero-order valence-electron chi connectivity index (χ0n) is 13.3. The van der Waals surface area contributed by atoms with Crippen LogP contribution < -0.4 is 5.32 Å². The lowest BCUT2D eigenvalue weighted by molar-refractivity contribution is -0.137. The molecular formula is C18H20N2O4. The van der Waals surface area contributed by atoms with Crippen LogP contribution in [-0.2, 0) is 19.2 Å². The van der Waals surface area contributed by atoms with Crippen molar-refractivity contribution in [2.75, 3.05) is 6.54 Å². The number of imide groups is 1. The summed E-state index contributed by atoms with van der Waals surface area (Å²) in [5, 5.41) is 2.69. The number of amides is 3. The van der Waals surface area contributed by atoms with Gasteiger partial charge in [0.1, 0.15) is 12.3 Å². The number of benzene rings is 1. The van der Waals surface area contributed by atoms with E-state index >= 15 is 0 Å². The van der Waals surface area contributed by atoms with Crippen molar-refractivity contribution in [1.29, 1.82) is 0 Å². The molecule has 0 unspecified atom stereocenters. The standard InChI is InChI=1S/C18H20N2O4/c21-13-15(14-7-3-1-4-8-14)19-16(22)9-5-2-6-12-20-17(23)10-11-18(20)24/h1,3-4,7-8,10-11,13,15H,2,5-6,9,12H2,(H,19,22)/t15-/m1/s1. The fraction of sp³-hybridized carbons (Fsp3) is 0.333. The van der Waals surface area contributed by atoms with Gasteiger partial charge in [-0.15, -0.1) is 0 Å². The topological polar surface area (TPSA) is 83.6 Å². The van der Waals surface area contributed by atoms with Crippen molar-refractivity contribution in [3.8, 4) is 0 Å². The summed E-state index contributed by atoms with van der Waals surface area (Å²) in [6.45, 7) is 0.368. The first kappa shape index (κ1) is 17.6. The molecule has 3 amide bonds. The fourth-order valence-corrected chi connectivity index (χ4v) is 2.49. The first-order valence-corrected chi connectivity index (χ1v) is 7.95. The smallest absolute Gasteiger partial charge is 0.253 e. The first-order valence-electron chi connectivity index (χ1n) is 7.95. The zero-order chi connectivity index (χ0) is 17.4. The molecule has 6 nitrogen and oxygen atoms in total. The van der Waals surface area contributed by atoms with Gasteiger partial charge in [0.05, 0.1) is 0 Å². The highest BCUT2D eigenvalue weighted by molar-refractivity contribution is 6.12. The lowest BCUT2D eigenvalue weighted by Crippen LogP contribution is -2.31. The highest BCUT2D eigenvalue weighted by Crippen LogP contribution is 2.11. The Balaban J connectivity index is 1.65. The van der Waals surface area contributed by atoms with Gasteiger partial charge in [0.25, 0.3) is 11.8 Å². The number of hydrogen-bond acceptors (Lipinski definition) is 4. The third-order valence-corrected chi connectivity index (χ3v) is 3.80. The lowest BCUT2D eigenvalue weighted by atomic mass is 10.1. The predicted octanol–water partition coefficient (Wildman–Crippen LogP) is 1.53. The van der Waals surface area contributed by atoms with Gasteiger partial charge < -0.3 is 10.1 Å². The second kappa shape index (κ2) is 8.76. The Kier molecular flexibility index (Phi) is 6.42. The van der Waals surface area contributed by atoms with Crippen LogP contribution in [-0.4, -0.2) is 35.5 Å². The van der Waals surface area contributed by atoms with E-state index in [1.165, 1.54) is 17.1 Å². The highest BCUT2D eigenvalue weighted by atomic mass is 16.2. The summed E-state index contributed by atoms with van der Waals surface area (Å²) in [4.78, 5) is 47.0. The molecule has 2 rings (SSSR count). The van der Waals surface area contributed by atoms with Crippen LogP contribution in [0.15, 0.2) is 42.5 Å². The third kappa shape index (κ3) is 4.87. The molecular weight excluding hydrogens is 308 g/mol. The van der Waals surface area contributed by atoms with E-state index < -0.39 is 6.04 Å². The minimum Gasteiger partial charge on any atom is -0.342 e. The minimum absolute atomic E-state index is 0.189. The highest BCUT2D eigenvalue weighted by Gasteiger charge is 2.22. The van der Waals surface area contributed by atoms with E-state index in [4.69, 9.17) is 0 Å². The molecule has 0 saturated carbocycles. The van der Waals surface area contributed by atoms with Crippen LogP contribution in [0.3, 0.4) is 0 Å². The lowest BCUT2D eigenvalue weighted by Gasteiger charge is -2.14. The van der Waals surface area contributed by atoms with Crippen molar-refractivity contribution in [1.82, 2.24) is 10.2 Å². The van der Waals surface area contributed by atoms with Gasteiger partial charge in [-0.2, -0.15) is 0 Å². The Hall–Kier alpha value is -2.76. The summed E-state index contributed by atoms with van der Waals surface area (Å²) < 4.78 is 0. The molecule has 6 heteroatoms. The molecule has 0 bridgehead atoms. The number of nitrogens with zero attached hydrogens (tertiary/aromatic N) is 1. The van der Waals surface area contributed by atoms with Gasteiger partial charge in [0, 0.05) is 25.1 Å². The Morgan fingerprint density at radius 1 is 1.04 bits per heavy atom. The average molecular weight is 328 g/mol. The molecule has 0 fully saturated rings. The SMILES string of the molecule is O=C[C@@H](NC(=O)CCCCCN1C(=O)C=CC1=O)c1ccccc1. The van der Waals surface area contributed by atoms with Gasteiger partial charge in [-0.3, -0.25) is 19.3 Å². The van der Waals surface area contributed by atoms with Crippen molar-refractivity contribution in [2.45, 2.75) is 31.7 Å². The number of aldehydes is 1. The number of rotatable bonds is 9. The molecule has 0 aliphatic carbocycles. The summed E-state index contributed by atoms with van der Waals surface area (Å²) in [6.07, 6.45) is 5.56. The Bertz CT molecular complexity index is 622. The van der Waals surface area contributed by atoms with E-state index in [-0.39, 0.29) is 17.7 Å². The number of carbonyl (C=O) groups excluding carboxylic acids is 4. The summed E-state index contributed by atoms with van der Waals surface area (Å²) >= 11 is 0. The number of hydrogen-bond donors (Lipinski definition) is 1. The van der Waals surface area contributed by atoms with E-state index in [0.717, 1.165) is 12.0 Å². The van der Waals surface area contributed by atoms with Gasteiger partial charge >= 0.3 is 0 Å². The molecule has 1 aromatic rings. The Morgan fingerprint density at radius 3 is 2.33 bits per heavy atom. The molecule has 1 N–H and O–H groups in total. The molecule has 1 aromatic carbocycles. The second-order valence-corrected chi connectivity index (χ2v) is 5.56. The molecule has 1 heterocycles. The van der Waals surface area contributed by atoms with Crippen LogP contribution in [0, 0.1) is 0 Å². The van der Waals surface area contributed by atoms with Crippen molar-refractivity contribution in [3.05, 3.63) is 48.0 Å². The molecule has 1 aliphatic heterocycles. The van der Waals surface area contributed by atoms with Crippen LogP contribution in [0.25, 0.3) is 0 Å². The van der Waals surface area contributed by atoms with E-state index in [1.54, 1.807) is 12.1 Å². The van der Waals surface area contributed by atoms with E-state index in [1.807, 2.05) is 18.2 Å². The third-order valence-electron chi connectivity index (χ3n) is 3.80. The first-order chi connectivity index (χ1) is 11.6. The maximum absolute atomic E-state index is 11.9. The second-order valence-electron chi connectivity index (χ2n) is 5.56. The van der Waals surface area contributed by atoms with Crippen LogP contribution in [0.2, 0.25) is 0 Å². The van der Waals surface area contributed by atoms with Crippen LogP contribution in [0.5, 0.6) is 0 Å². The van der Waals surface area contributed by atoms with Crippen LogP contribution in [0.1, 0.15) is 37.3 Å². The maximum Gasteiger partial charge on any atom is 0.253 e. The van der Waals surface area contributed by atoms with Gasteiger partial charge in [0.2, 0.25) is 5.91 Å².